The third kappa shape index (κ3) is 2.47. The van der Waals surface area contributed by atoms with Crippen LogP contribution >= 0.6 is 0 Å². The van der Waals surface area contributed by atoms with Crippen LogP contribution in [0.2, 0.25) is 0 Å². The molecule has 0 aliphatic rings. The highest BCUT2D eigenvalue weighted by Gasteiger charge is 2.07. The van der Waals surface area contributed by atoms with Gasteiger partial charge in [0.15, 0.2) is 0 Å². The molecule has 2 nitrogen and oxygen atoms in total. The van der Waals surface area contributed by atoms with Crippen LogP contribution in [-0.4, -0.2) is 6.54 Å². The first-order valence-electron chi connectivity index (χ1n) is 3.98. The summed E-state index contributed by atoms with van der Waals surface area (Å²) in [5.41, 5.74) is 11.7. The quantitative estimate of drug-likeness (QED) is 0.753. The second-order valence-electron chi connectivity index (χ2n) is 2.81. The van der Waals surface area contributed by atoms with Gasteiger partial charge in [0.05, 0.1) is 0 Å². The van der Waals surface area contributed by atoms with Gasteiger partial charge in [-0.2, -0.15) is 0 Å². The van der Waals surface area contributed by atoms with Crippen LogP contribution in [0, 0.1) is 0 Å². The number of hydrogen-bond acceptors (Lipinski definition) is 2. The third-order valence-electron chi connectivity index (χ3n) is 1.87. The largest absolute Gasteiger partial charge is 0.329 e. The maximum Gasteiger partial charge on any atom is 0.263 e. The fourth-order valence-corrected chi connectivity index (χ4v) is 1.02. The van der Waals surface area contributed by atoms with Crippen molar-refractivity contribution in [3.05, 3.63) is 35.4 Å². The predicted molar refractivity (Wildman–Crippen MR) is 47.4 cm³/mol. The Kier molecular flexibility index (Phi) is 3.33. The maximum atomic E-state index is 12.1. The Bertz CT molecular complexity index is 259. The molecule has 1 atom stereocenters. The molecule has 4 N–H and O–H groups in total. The molecule has 0 amide bonds. The Morgan fingerprint density at radius 3 is 1.92 bits per heavy atom. The highest BCUT2D eigenvalue weighted by atomic mass is 19.3. The smallest absolute Gasteiger partial charge is 0.263 e. The molecule has 1 aromatic rings. The summed E-state index contributed by atoms with van der Waals surface area (Å²) >= 11 is 0. The molecular formula is C9H12F2N2. The molecule has 0 bridgehead atoms. The van der Waals surface area contributed by atoms with Crippen LogP contribution < -0.4 is 11.5 Å². The molecule has 0 heterocycles. The predicted octanol–water partition coefficient (Wildman–Crippen LogP) is 1.58. The summed E-state index contributed by atoms with van der Waals surface area (Å²) in [5.74, 6) is 0. The summed E-state index contributed by atoms with van der Waals surface area (Å²) < 4.78 is 24.3. The minimum absolute atomic E-state index is 0.00738. The third-order valence-corrected chi connectivity index (χ3v) is 1.87. The van der Waals surface area contributed by atoms with E-state index in [1.807, 2.05) is 0 Å². The molecule has 0 unspecified atom stereocenters. The van der Waals surface area contributed by atoms with E-state index < -0.39 is 6.43 Å². The number of rotatable bonds is 3. The summed E-state index contributed by atoms with van der Waals surface area (Å²) in [6.07, 6.45) is -2.43. The van der Waals surface area contributed by atoms with Crippen LogP contribution in [0.4, 0.5) is 8.78 Å². The molecule has 0 radical (unpaired) electrons. The molecule has 0 aliphatic carbocycles. The van der Waals surface area contributed by atoms with E-state index in [1.54, 1.807) is 12.1 Å². The van der Waals surface area contributed by atoms with E-state index in [1.165, 1.54) is 12.1 Å². The fraction of sp³-hybridized carbons (Fsp3) is 0.333. The number of halogens is 2. The summed E-state index contributed by atoms with van der Waals surface area (Å²) in [7, 11) is 0. The first-order valence-corrected chi connectivity index (χ1v) is 3.98. The van der Waals surface area contributed by atoms with Gasteiger partial charge < -0.3 is 11.5 Å². The average Bonchev–Trinajstić information content (AvgIpc) is 2.17. The zero-order valence-corrected chi connectivity index (χ0v) is 7.08. The summed E-state index contributed by atoms with van der Waals surface area (Å²) in [5, 5.41) is 0. The van der Waals surface area contributed by atoms with Crippen molar-refractivity contribution in [3.8, 4) is 0 Å². The van der Waals surface area contributed by atoms with Gasteiger partial charge in [0.2, 0.25) is 0 Å². The Balaban J connectivity index is 2.81. The van der Waals surface area contributed by atoms with Crippen molar-refractivity contribution >= 4 is 0 Å². The van der Waals surface area contributed by atoms with Crippen LogP contribution in [-0.2, 0) is 0 Å². The number of nitrogens with two attached hydrogens (primary N) is 2. The van der Waals surface area contributed by atoms with Gasteiger partial charge in [-0.05, 0) is 5.56 Å². The van der Waals surface area contributed by atoms with Gasteiger partial charge in [-0.25, -0.2) is 8.78 Å². The highest BCUT2D eigenvalue weighted by molar-refractivity contribution is 5.25. The Labute approximate surface area is 75.5 Å². The van der Waals surface area contributed by atoms with Crippen molar-refractivity contribution < 1.29 is 8.78 Å². The number of alkyl halides is 2. The molecule has 1 aromatic carbocycles. The highest BCUT2D eigenvalue weighted by Crippen LogP contribution is 2.20. The molecular weight excluding hydrogens is 174 g/mol. The van der Waals surface area contributed by atoms with E-state index in [9.17, 15) is 8.78 Å². The van der Waals surface area contributed by atoms with Crippen molar-refractivity contribution in [2.45, 2.75) is 12.5 Å². The molecule has 72 valence electrons. The average molecular weight is 186 g/mol. The second kappa shape index (κ2) is 4.30. The Morgan fingerprint density at radius 1 is 1.08 bits per heavy atom. The molecule has 0 aromatic heterocycles. The van der Waals surface area contributed by atoms with E-state index in [-0.39, 0.29) is 11.6 Å². The number of hydrogen-bond donors (Lipinski definition) is 2. The van der Waals surface area contributed by atoms with Gasteiger partial charge in [-0.1, -0.05) is 24.3 Å². The van der Waals surface area contributed by atoms with E-state index in [4.69, 9.17) is 11.5 Å². The monoisotopic (exact) mass is 186 g/mol. The van der Waals surface area contributed by atoms with E-state index in [2.05, 4.69) is 0 Å². The van der Waals surface area contributed by atoms with E-state index in [0.29, 0.717) is 6.54 Å². The van der Waals surface area contributed by atoms with Crippen LogP contribution in [0.3, 0.4) is 0 Å². The lowest BCUT2D eigenvalue weighted by Gasteiger charge is -2.09. The maximum absolute atomic E-state index is 12.1. The Morgan fingerprint density at radius 2 is 1.54 bits per heavy atom. The van der Waals surface area contributed by atoms with Crippen LogP contribution in [0.15, 0.2) is 24.3 Å². The van der Waals surface area contributed by atoms with Gasteiger partial charge in [0.1, 0.15) is 0 Å². The SMILES string of the molecule is NC[C@H](N)c1ccc(C(F)F)cc1. The summed E-state index contributed by atoms with van der Waals surface area (Å²) in [4.78, 5) is 0. The molecule has 1 rings (SSSR count). The van der Waals surface area contributed by atoms with Crippen molar-refractivity contribution in [1.29, 1.82) is 0 Å². The molecule has 0 fully saturated rings. The van der Waals surface area contributed by atoms with E-state index >= 15 is 0 Å². The second-order valence-corrected chi connectivity index (χ2v) is 2.81. The summed E-state index contributed by atoms with van der Waals surface area (Å²) in [6, 6.07) is 5.63. The van der Waals surface area contributed by atoms with Gasteiger partial charge >= 0.3 is 0 Å². The van der Waals surface area contributed by atoms with Crippen molar-refractivity contribution in [3.63, 3.8) is 0 Å². The molecule has 0 spiro atoms. The van der Waals surface area contributed by atoms with Crippen molar-refractivity contribution in [2.24, 2.45) is 11.5 Å². The van der Waals surface area contributed by atoms with E-state index in [0.717, 1.165) is 5.56 Å². The molecule has 4 heteroatoms. The topological polar surface area (TPSA) is 52.0 Å². The van der Waals surface area contributed by atoms with Gasteiger partial charge in [0.25, 0.3) is 6.43 Å². The molecule has 0 aliphatic heterocycles. The first kappa shape index (κ1) is 10.1. The lowest BCUT2D eigenvalue weighted by molar-refractivity contribution is 0.151. The van der Waals surface area contributed by atoms with Gasteiger partial charge in [0, 0.05) is 18.2 Å². The van der Waals surface area contributed by atoms with Crippen LogP contribution in [0.1, 0.15) is 23.6 Å². The first-order chi connectivity index (χ1) is 6.15. The fourth-order valence-electron chi connectivity index (χ4n) is 1.02. The lowest BCUT2D eigenvalue weighted by Crippen LogP contribution is -2.20. The van der Waals surface area contributed by atoms with Gasteiger partial charge in [-0.3, -0.25) is 0 Å². The molecule has 0 saturated heterocycles. The van der Waals surface area contributed by atoms with Gasteiger partial charge in [-0.15, -0.1) is 0 Å². The van der Waals surface area contributed by atoms with Crippen LogP contribution in [0.5, 0.6) is 0 Å². The molecule has 13 heavy (non-hydrogen) atoms. The standard InChI is InChI=1S/C9H12F2N2/c10-9(11)7-3-1-6(2-4-7)8(13)5-12/h1-4,8-9H,5,12-13H2/t8-/m0/s1. The minimum atomic E-state index is -2.43. The van der Waals surface area contributed by atoms with Crippen LogP contribution in [0.25, 0.3) is 0 Å². The zero-order valence-electron chi connectivity index (χ0n) is 7.08. The minimum Gasteiger partial charge on any atom is -0.329 e. The van der Waals surface area contributed by atoms with Crippen molar-refractivity contribution in [2.75, 3.05) is 6.54 Å². The van der Waals surface area contributed by atoms with Crippen molar-refractivity contribution in [1.82, 2.24) is 0 Å². The zero-order chi connectivity index (χ0) is 9.84. The lowest BCUT2D eigenvalue weighted by atomic mass is 10.1. The molecule has 0 saturated carbocycles. The normalized spacial score (nSPS) is 13.3. The summed E-state index contributed by atoms with van der Waals surface area (Å²) in [6.45, 7) is 0.314. The number of benzene rings is 1. The Hall–Kier alpha value is -1.00.